The van der Waals surface area contributed by atoms with Gasteiger partial charge in [0.1, 0.15) is 17.3 Å². The highest BCUT2D eigenvalue weighted by atomic mass is 35.5. The minimum absolute atomic E-state index is 0.0143. The fourth-order valence-corrected chi connectivity index (χ4v) is 2.63. The summed E-state index contributed by atoms with van der Waals surface area (Å²) in [4.78, 5) is 23.1. The smallest absolute Gasteiger partial charge is 0.419 e. The summed E-state index contributed by atoms with van der Waals surface area (Å²) < 4.78 is 52.6. The Morgan fingerprint density at radius 3 is 2.79 bits per heavy atom. The average molecular weight is 431 g/mol. The molecule has 1 atom stereocenters. The minimum atomic E-state index is -3.62. The summed E-state index contributed by atoms with van der Waals surface area (Å²) in [6.07, 6.45) is 0.106. The molecule has 1 aliphatic rings. The average Bonchev–Trinajstić information content (AvgIpc) is 2.63. The summed E-state index contributed by atoms with van der Waals surface area (Å²) in [7, 11) is 0. The highest BCUT2D eigenvalue weighted by molar-refractivity contribution is 6.30. The Morgan fingerprint density at radius 1 is 1.38 bits per heavy atom. The Morgan fingerprint density at radius 2 is 2.10 bits per heavy atom. The zero-order chi connectivity index (χ0) is 21.4. The van der Waals surface area contributed by atoms with E-state index in [1.165, 1.54) is 12.3 Å². The zero-order valence-electron chi connectivity index (χ0n) is 14.7. The lowest BCUT2D eigenvalue weighted by Crippen LogP contribution is -2.51. The normalized spacial score (nSPS) is 20.4. The summed E-state index contributed by atoms with van der Waals surface area (Å²) >= 11 is 5.70. The number of nitrogens with two attached hydrogens (primary N) is 2. The van der Waals surface area contributed by atoms with Gasteiger partial charge in [0.2, 0.25) is 5.88 Å². The van der Waals surface area contributed by atoms with E-state index in [9.17, 15) is 18.0 Å². The number of nitrogens with zero attached hydrogens (tertiary/aromatic N) is 3. The summed E-state index contributed by atoms with van der Waals surface area (Å²) in [5.41, 5.74) is 7.79. The van der Waals surface area contributed by atoms with Gasteiger partial charge in [0.05, 0.1) is 10.7 Å². The highest BCUT2D eigenvalue weighted by Gasteiger charge is 2.57. The van der Waals surface area contributed by atoms with E-state index < -0.39 is 41.7 Å². The van der Waals surface area contributed by atoms with E-state index in [1.54, 1.807) is 0 Å². The highest BCUT2D eigenvalue weighted by Crippen LogP contribution is 2.43. The van der Waals surface area contributed by atoms with Gasteiger partial charge in [0, 0.05) is 6.20 Å². The second-order valence-corrected chi connectivity index (χ2v) is 6.54. The lowest BCUT2D eigenvalue weighted by atomic mass is 9.89. The lowest BCUT2D eigenvalue weighted by Gasteiger charge is -2.36. The van der Waals surface area contributed by atoms with Crippen LogP contribution in [0.25, 0.3) is 0 Å². The van der Waals surface area contributed by atoms with Gasteiger partial charge >= 0.3 is 12.0 Å². The van der Waals surface area contributed by atoms with Crippen molar-refractivity contribution in [1.29, 1.82) is 0 Å². The van der Waals surface area contributed by atoms with Gasteiger partial charge < -0.3 is 20.9 Å². The van der Waals surface area contributed by atoms with E-state index in [-0.39, 0.29) is 22.4 Å². The summed E-state index contributed by atoms with van der Waals surface area (Å²) in [6.45, 7) is -0.157. The molecule has 5 N–H and O–H groups in total. The van der Waals surface area contributed by atoms with Crippen LogP contribution in [0.3, 0.4) is 0 Å². The van der Waals surface area contributed by atoms with Gasteiger partial charge in [0.25, 0.3) is 6.02 Å². The van der Waals surface area contributed by atoms with Crippen LogP contribution in [0.15, 0.2) is 29.4 Å². The molecule has 1 amide bonds. The standard InChI is InChI=1S/C16H14ClF3N6O3/c1-15(16(19,20)6-28-13(22)26-15)11-8(18)2-3-10(24-11)25-14(27)29-12-9(21)4-7(17)5-23-12/h2-5H,6,21H2,1H3,(H2,22,26)(H,24,25,27)/t15-/m1/s1. The van der Waals surface area contributed by atoms with E-state index >= 15 is 0 Å². The molecule has 0 bridgehead atoms. The molecule has 0 radical (unpaired) electrons. The van der Waals surface area contributed by atoms with Crippen LogP contribution < -0.4 is 21.5 Å². The number of rotatable bonds is 3. The molecule has 13 heteroatoms. The largest absolute Gasteiger partial charge is 0.459 e. The predicted octanol–water partition coefficient (Wildman–Crippen LogP) is 2.66. The molecule has 0 saturated heterocycles. The molecule has 29 heavy (non-hydrogen) atoms. The van der Waals surface area contributed by atoms with Crippen molar-refractivity contribution >= 4 is 35.2 Å². The maximum atomic E-state index is 14.4. The Hall–Kier alpha value is -3.28. The van der Waals surface area contributed by atoms with Crippen LogP contribution in [0.2, 0.25) is 5.02 Å². The number of amides is 1. The van der Waals surface area contributed by atoms with Gasteiger partial charge in [-0.2, -0.15) is 8.78 Å². The maximum absolute atomic E-state index is 14.4. The van der Waals surface area contributed by atoms with E-state index in [4.69, 9.17) is 27.8 Å². The topological polar surface area (TPSA) is 138 Å². The van der Waals surface area contributed by atoms with E-state index in [0.717, 1.165) is 19.1 Å². The number of carbonyl (C=O) groups is 1. The van der Waals surface area contributed by atoms with Crippen molar-refractivity contribution in [2.24, 2.45) is 10.7 Å². The zero-order valence-corrected chi connectivity index (χ0v) is 15.5. The van der Waals surface area contributed by atoms with Crippen LogP contribution in [-0.4, -0.2) is 34.6 Å². The number of ether oxygens (including phenoxy) is 2. The summed E-state index contributed by atoms with van der Waals surface area (Å²) in [5, 5.41) is 2.40. The van der Waals surface area contributed by atoms with Crippen LogP contribution in [0, 0.1) is 5.82 Å². The van der Waals surface area contributed by atoms with E-state index in [0.29, 0.717) is 0 Å². The van der Waals surface area contributed by atoms with Crippen LogP contribution in [0.1, 0.15) is 12.6 Å². The number of aromatic nitrogens is 2. The van der Waals surface area contributed by atoms with E-state index in [1.807, 2.05) is 0 Å². The SMILES string of the molecule is C[C@]1(c2nc(NC(=O)Oc3ncc(Cl)cc3N)ccc2F)N=C(N)OCC1(F)F. The Kier molecular flexibility index (Phi) is 5.13. The third-order valence-electron chi connectivity index (χ3n) is 4.02. The van der Waals surface area contributed by atoms with Crippen LogP contribution in [0.4, 0.5) is 29.5 Å². The van der Waals surface area contributed by atoms with Gasteiger partial charge in [-0.3, -0.25) is 5.32 Å². The molecule has 9 nitrogen and oxygen atoms in total. The first-order valence-electron chi connectivity index (χ1n) is 7.94. The molecular weight excluding hydrogens is 417 g/mol. The number of aliphatic imine (C=N–C) groups is 1. The molecule has 0 aromatic carbocycles. The van der Waals surface area contributed by atoms with Crippen molar-refractivity contribution in [1.82, 2.24) is 9.97 Å². The molecule has 1 aliphatic heterocycles. The number of carbonyl (C=O) groups excluding carboxylic acids is 1. The quantitative estimate of drug-likeness (QED) is 0.680. The summed E-state index contributed by atoms with van der Waals surface area (Å²) in [6, 6.07) is 2.66. The molecule has 3 rings (SSSR count). The van der Waals surface area contributed by atoms with Crippen LogP contribution >= 0.6 is 11.6 Å². The van der Waals surface area contributed by atoms with Crippen molar-refractivity contribution in [3.05, 3.63) is 40.9 Å². The van der Waals surface area contributed by atoms with Crippen molar-refractivity contribution in [3.8, 4) is 5.88 Å². The van der Waals surface area contributed by atoms with Crippen molar-refractivity contribution in [2.45, 2.75) is 18.4 Å². The van der Waals surface area contributed by atoms with Gasteiger partial charge in [0.15, 0.2) is 12.1 Å². The number of nitrogen functional groups attached to an aromatic ring is 1. The first kappa shape index (κ1) is 20.5. The third kappa shape index (κ3) is 3.97. The number of amidine groups is 1. The van der Waals surface area contributed by atoms with Crippen LogP contribution in [-0.2, 0) is 10.3 Å². The molecule has 2 aromatic rings. The molecule has 0 spiro atoms. The number of hydrogen-bond donors (Lipinski definition) is 3. The van der Waals surface area contributed by atoms with E-state index in [2.05, 4.69) is 25.0 Å². The van der Waals surface area contributed by atoms with Crippen molar-refractivity contribution in [3.63, 3.8) is 0 Å². The second kappa shape index (κ2) is 7.28. The van der Waals surface area contributed by atoms with Crippen molar-refractivity contribution < 1.29 is 27.4 Å². The molecule has 2 aromatic heterocycles. The molecule has 0 aliphatic carbocycles. The van der Waals surface area contributed by atoms with Gasteiger partial charge in [-0.05, 0) is 25.1 Å². The molecule has 3 heterocycles. The number of alkyl halides is 2. The van der Waals surface area contributed by atoms with Crippen LogP contribution in [0.5, 0.6) is 5.88 Å². The first-order valence-corrected chi connectivity index (χ1v) is 8.32. The van der Waals surface area contributed by atoms with Gasteiger partial charge in [-0.15, -0.1) is 0 Å². The monoisotopic (exact) mass is 430 g/mol. The number of pyridine rings is 2. The Bertz CT molecular complexity index is 1010. The Labute approximate surface area is 166 Å². The molecule has 0 fully saturated rings. The first-order chi connectivity index (χ1) is 13.5. The molecule has 154 valence electrons. The maximum Gasteiger partial charge on any atom is 0.419 e. The third-order valence-corrected chi connectivity index (χ3v) is 4.23. The predicted molar refractivity (Wildman–Crippen MR) is 97.4 cm³/mol. The van der Waals surface area contributed by atoms with Crippen molar-refractivity contribution in [2.75, 3.05) is 17.7 Å². The van der Waals surface area contributed by atoms with Gasteiger partial charge in [-0.25, -0.2) is 24.1 Å². The lowest BCUT2D eigenvalue weighted by molar-refractivity contribution is -0.118. The molecule has 0 saturated carbocycles. The number of nitrogens with one attached hydrogen (secondary N) is 1. The van der Waals surface area contributed by atoms with Gasteiger partial charge in [-0.1, -0.05) is 11.6 Å². The molecule has 0 unspecified atom stereocenters. The fourth-order valence-electron chi connectivity index (χ4n) is 2.46. The number of hydrogen-bond acceptors (Lipinski definition) is 8. The molecular formula is C16H14ClF3N6O3. The Balaban J connectivity index is 1.87. The minimum Gasteiger partial charge on any atom is -0.459 e. The fraction of sp³-hybridized carbons (Fsp3) is 0.250. The second-order valence-electron chi connectivity index (χ2n) is 6.10. The summed E-state index contributed by atoms with van der Waals surface area (Å²) in [5.74, 6) is -5.22. The number of halogens is 4. The number of anilines is 2.